The molecule has 0 saturated carbocycles. The minimum atomic E-state index is -0.326. The van der Waals surface area contributed by atoms with Crippen LogP contribution < -0.4 is 4.90 Å². The van der Waals surface area contributed by atoms with Crippen LogP contribution in [0.15, 0.2) is 41.2 Å². The number of carbonyl (C=O) groups is 1. The fraction of sp³-hybridized carbons (Fsp3) is 0.500. The lowest BCUT2D eigenvalue weighted by Crippen LogP contribution is -2.38. The fourth-order valence-electron chi connectivity index (χ4n) is 3.98. The molecule has 1 aliphatic carbocycles. The molecule has 0 unspecified atom stereocenters. The van der Waals surface area contributed by atoms with Crippen LogP contribution in [0.3, 0.4) is 0 Å². The Morgan fingerprint density at radius 3 is 2.81 bits per heavy atom. The summed E-state index contributed by atoms with van der Waals surface area (Å²) in [4.78, 5) is 16.9. The van der Waals surface area contributed by atoms with Gasteiger partial charge in [0.15, 0.2) is 5.16 Å². The van der Waals surface area contributed by atoms with E-state index in [-0.39, 0.29) is 17.5 Å². The van der Waals surface area contributed by atoms with Gasteiger partial charge < -0.3 is 14.5 Å². The maximum absolute atomic E-state index is 14.0. The van der Waals surface area contributed by atoms with Gasteiger partial charge >= 0.3 is 0 Å². The van der Waals surface area contributed by atoms with E-state index in [1.165, 1.54) is 30.3 Å². The van der Waals surface area contributed by atoms with Gasteiger partial charge in [-0.3, -0.25) is 9.36 Å². The number of hydrogen-bond acceptors (Lipinski definition) is 6. The molecule has 0 bridgehead atoms. The van der Waals surface area contributed by atoms with Crippen LogP contribution in [0.25, 0.3) is 5.69 Å². The summed E-state index contributed by atoms with van der Waals surface area (Å²) in [7, 11) is 0. The van der Waals surface area contributed by atoms with Crippen LogP contribution in [0, 0.1) is 5.82 Å². The van der Waals surface area contributed by atoms with E-state index in [2.05, 4.69) is 21.2 Å². The molecule has 9 heteroatoms. The first-order valence-electron chi connectivity index (χ1n) is 10.8. The van der Waals surface area contributed by atoms with Crippen molar-refractivity contribution in [2.24, 2.45) is 0 Å². The Morgan fingerprint density at radius 2 is 2.10 bits per heavy atom. The number of amides is 1. The molecule has 4 rings (SSSR count). The number of ether oxygens (including phenoxy) is 1. The van der Waals surface area contributed by atoms with Crippen molar-refractivity contribution in [2.75, 3.05) is 43.5 Å². The Balaban J connectivity index is 1.57. The number of thioether (sulfide) groups is 1. The number of rotatable bonds is 7. The van der Waals surface area contributed by atoms with Crippen molar-refractivity contribution in [1.29, 1.82) is 0 Å². The largest absolute Gasteiger partial charge is 0.378 e. The van der Waals surface area contributed by atoms with Crippen molar-refractivity contribution < 1.29 is 13.9 Å². The Hall–Kier alpha value is -2.39. The molecule has 0 spiro atoms. The number of nitrogens with zero attached hydrogens (tertiary/aromatic N) is 5. The molecular weight excluding hydrogens is 417 g/mol. The molecular formula is C22H28FN5O2S. The molecule has 1 aromatic heterocycles. The fourth-order valence-corrected chi connectivity index (χ4v) is 4.80. The lowest BCUT2D eigenvalue weighted by molar-refractivity contribution is -0.126. The van der Waals surface area contributed by atoms with Crippen LogP contribution in [0.1, 0.15) is 32.6 Å². The van der Waals surface area contributed by atoms with Crippen LogP contribution in [-0.4, -0.2) is 64.2 Å². The zero-order chi connectivity index (χ0) is 21.6. The van der Waals surface area contributed by atoms with E-state index in [1.807, 2.05) is 22.5 Å². The average molecular weight is 446 g/mol. The maximum Gasteiger partial charge on any atom is 0.237 e. The quantitative estimate of drug-likeness (QED) is 0.607. The van der Waals surface area contributed by atoms with Gasteiger partial charge in [-0.2, -0.15) is 0 Å². The summed E-state index contributed by atoms with van der Waals surface area (Å²) >= 11 is 1.34. The highest BCUT2D eigenvalue weighted by atomic mass is 32.2. The standard InChI is InChI=1S/C22H28FN5O2S/c1-2-27(18-8-4-3-5-9-18)20(29)16-31-22-25-24-21(26-11-13-30-14-12-26)28(22)19-10-6-7-17(23)15-19/h6-8,10,15H,2-5,9,11-14,16H2,1H3. The lowest BCUT2D eigenvalue weighted by Gasteiger charge is -2.28. The van der Waals surface area contributed by atoms with Gasteiger partial charge in [-0.1, -0.05) is 23.9 Å². The topological polar surface area (TPSA) is 63.5 Å². The number of hydrogen-bond donors (Lipinski definition) is 0. The third kappa shape index (κ3) is 5.10. The molecule has 2 heterocycles. The predicted molar refractivity (Wildman–Crippen MR) is 119 cm³/mol. The Kier molecular flexibility index (Phi) is 7.24. The summed E-state index contributed by atoms with van der Waals surface area (Å²) in [5.41, 5.74) is 1.77. The second kappa shape index (κ2) is 10.3. The van der Waals surface area contributed by atoms with Gasteiger partial charge in [0.25, 0.3) is 0 Å². The van der Waals surface area contributed by atoms with Gasteiger partial charge in [-0.15, -0.1) is 10.2 Å². The van der Waals surface area contributed by atoms with E-state index in [4.69, 9.17) is 4.74 Å². The molecule has 0 radical (unpaired) electrons. The second-order valence-electron chi connectivity index (χ2n) is 7.57. The van der Waals surface area contributed by atoms with E-state index in [0.29, 0.717) is 49.6 Å². The molecule has 166 valence electrons. The number of halogens is 1. The summed E-state index contributed by atoms with van der Waals surface area (Å²) in [6, 6.07) is 6.37. The normalized spacial score (nSPS) is 16.8. The first-order chi connectivity index (χ1) is 15.2. The van der Waals surface area contributed by atoms with Gasteiger partial charge in [0.2, 0.25) is 11.9 Å². The molecule has 1 saturated heterocycles. The summed E-state index contributed by atoms with van der Waals surface area (Å²) < 4.78 is 21.3. The molecule has 1 aliphatic heterocycles. The number of carbonyl (C=O) groups excluding carboxylic acids is 1. The van der Waals surface area contributed by atoms with Gasteiger partial charge in [0.05, 0.1) is 24.7 Å². The predicted octanol–water partition coefficient (Wildman–Crippen LogP) is 3.64. The van der Waals surface area contributed by atoms with Crippen LogP contribution in [0.4, 0.5) is 10.3 Å². The van der Waals surface area contributed by atoms with E-state index in [0.717, 1.165) is 25.0 Å². The highest BCUT2D eigenvalue weighted by molar-refractivity contribution is 7.99. The van der Waals surface area contributed by atoms with E-state index in [9.17, 15) is 9.18 Å². The Bertz CT molecular complexity index is 942. The minimum Gasteiger partial charge on any atom is -0.378 e. The summed E-state index contributed by atoms with van der Waals surface area (Å²) in [6.45, 7) is 5.25. The van der Waals surface area contributed by atoms with Crippen LogP contribution in [0.2, 0.25) is 0 Å². The molecule has 7 nitrogen and oxygen atoms in total. The number of aromatic nitrogens is 3. The molecule has 1 amide bonds. The molecule has 2 aliphatic rings. The first-order valence-corrected chi connectivity index (χ1v) is 11.8. The number of anilines is 1. The van der Waals surface area contributed by atoms with Crippen molar-refractivity contribution in [3.8, 4) is 5.69 Å². The minimum absolute atomic E-state index is 0.0577. The molecule has 1 aromatic carbocycles. The highest BCUT2D eigenvalue weighted by Gasteiger charge is 2.24. The van der Waals surface area contributed by atoms with Gasteiger partial charge in [-0.25, -0.2) is 4.39 Å². The van der Waals surface area contributed by atoms with E-state index < -0.39 is 0 Å². The average Bonchev–Trinajstić information content (AvgIpc) is 3.23. The SMILES string of the molecule is CCN(C(=O)CSc1nnc(N2CCOCC2)n1-c1cccc(F)c1)C1=CCCCC1. The zero-order valence-electron chi connectivity index (χ0n) is 17.8. The second-order valence-corrected chi connectivity index (χ2v) is 8.51. The molecule has 2 aromatic rings. The Labute approximate surface area is 186 Å². The van der Waals surface area contributed by atoms with Crippen molar-refractivity contribution in [3.63, 3.8) is 0 Å². The summed E-state index contributed by atoms with van der Waals surface area (Å²) in [5, 5.41) is 9.31. The molecule has 0 atom stereocenters. The van der Waals surface area contributed by atoms with Gasteiger partial charge in [0.1, 0.15) is 5.82 Å². The third-order valence-corrected chi connectivity index (χ3v) is 6.45. The lowest BCUT2D eigenvalue weighted by atomic mass is 10.0. The summed E-state index contributed by atoms with van der Waals surface area (Å²) in [5.74, 6) is 0.628. The molecule has 0 N–H and O–H groups in total. The highest BCUT2D eigenvalue weighted by Crippen LogP contribution is 2.29. The monoisotopic (exact) mass is 445 g/mol. The van der Waals surface area contributed by atoms with Crippen molar-refractivity contribution in [3.05, 3.63) is 41.9 Å². The van der Waals surface area contributed by atoms with Crippen LogP contribution >= 0.6 is 11.8 Å². The molecule has 31 heavy (non-hydrogen) atoms. The number of benzene rings is 1. The first kappa shape index (κ1) is 21.8. The Morgan fingerprint density at radius 1 is 1.26 bits per heavy atom. The van der Waals surface area contributed by atoms with Crippen molar-refractivity contribution >= 4 is 23.6 Å². The van der Waals surface area contributed by atoms with Crippen molar-refractivity contribution in [1.82, 2.24) is 19.7 Å². The van der Waals surface area contributed by atoms with Crippen LogP contribution in [0.5, 0.6) is 0 Å². The smallest absolute Gasteiger partial charge is 0.237 e. The third-order valence-electron chi connectivity index (χ3n) is 5.53. The van der Waals surface area contributed by atoms with E-state index >= 15 is 0 Å². The molecule has 1 fully saturated rings. The van der Waals surface area contributed by atoms with Crippen LogP contribution in [-0.2, 0) is 9.53 Å². The van der Waals surface area contributed by atoms with Gasteiger partial charge in [0, 0.05) is 25.3 Å². The van der Waals surface area contributed by atoms with E-state index in [1.54, 1.807) is 6.07 Å². The van der Waals surface area contributed by atoms with Crippen molar-refractivity contribution in [2.45, 2.75) is 37.8 Å². The maximum atomic E-state index is 14.0. The number of allylic oxidation sites excluding steroid dienone is 2. The zero-order valence-corrected chi connectivity index (χ0v) is 18.6. The van der Waals surface area contributed by atoms with Gasteiger partial charge in [-0.05, 0) is 50.8 Å². The number of morpholine rings is 1. The summed E-state index contributed by atoms with van der Waals surface area (Å²) in [6.07, 6.45) is 6.47.